The fourth-order valence-corrected chi connectivity index (χ4v) is 1.84. The van der Waals surface area contributed by atoms with Gasteiger partial charge in [0.1, 0.15) is 0 Å². The molecular weight excluding hydrogens is 228 g/mol. The first-order valence-electron chi connectivity index (χ1n) is 6.14. The van der Waals surface area contributed by atoms with E-state index >= 15 is 0 Å². The van der Waals surface area contributed by atoms with Crippen LogP contribution in [0.2, 0.25) is 0 Å². The van der Waals surface area contributed by atoms with Gasteiger partial charge in [-0.3, -0.25) is 0 Å². The summed E-state index contributed by atoms with van der Waals surface area (Å²) in [5, 5.41) is 5.55. The highest BCUT2D eigenvalue weighted by molar-refractivity contribution is 5.89. The molecule has 4 nitrogen and oxygen atoms in total. The summed E-state index contributed by atoms with van der Waals surface area (Å²) in [5.74, 6) is 0. The third-order valence-corrected chi connectivity index (χ3v) is 2.82. The zero-order chi connectivity index (χ0) is 12.8. The predicted molar refractivity (Wildman–Crippen MR) is 71.5 cm³/mol. The van der Waals surface area contributed by atoms with Crippen LogP contribution < -0.4 is 10.6 Å². The monoisotopic (exact) mass is 246 g/mol. The van der Waals surface area contributed by atoms with Crippen LogP contribution in [0.5, 0.6) is 0 Å². The van der Waals surface area contributed by atoms with E-state index in [-0.39, 0.29) is 6.03 Å². The van der Waals surface area contributed by atoms with Crippen LogP contribution in [-0.2, 0) is 4.74 Å². The summed E-state index contributed by atoms with van der Waals surface area (Å²) >= 11 is 0. The van der Waals surface area contributed by atoms with Crippen LogP contribution >= 0.6 is 0 Å². The van der Waals surface area contributed by atoms with E-state index in [1.165, 1.54) is 5.57 Å². The molecule has 0 saturated carbocycles. The van der Waals surface area contributed by atoms with Crippen molar-refractivity contribution in [3.05, 3.63) is 41.6 Å². The number of nitrogens with one attached hydrogen (secondary N) is 2. The first kappa shape index (κ1) is 12.6. The molecule has 0 aliphatic carbocycles. The zero-order valence-electron chi connectivity index (χ0n) is 10.5. The first-order valence-corrected chi connectivity index (χ1v) is 6.14. The van der Waals surface area contributed by atoms with Crippen molar-refractivity contribution in [1.29, 1.82) is 0 Å². The van der Waals surface area contributed by atoms with Crippen LogP contribution in [0.15, 0.2) is 36.0 Å². The normalized spacial score (nSPS) is 15.1. The minimum Gasteiger partial charge on any atom is -0.381 e. The summed E-state index contributed by atoms with van der Waals surface area (Å²) < 4.78 is 5.25. The fraction of sp³-hybridized carbons (Fsp3) is 0.357. The van der Waals surface area contributed by atoms with Crippen molar-refractivity contribution < 1.29 is 9.53 Å². The standard InChI is InChI=1S/C14H18N2O2/c1-11-3-2-4-13(9-11)16-14(17)15-10-12-5-7-18-8-6-12/h2-4,9-10H,5-8H2,1H3,(H2,15,16,17). The van der Waals surface area contributed by atoms with Crippen molar-refractivity contribution in [2.75, 3.05) is 18.5 Å². The van der Waals surface area contributed by atoms with Gasteiger partial charge < -0.3 is 15.4 Å². The quantitative estimate of drug-likeness (QED) is 0.843. The van der Waals surface area contributed by atoms with Crippen molar-refractivity contribution >= 4 is 11.7 Å². The van der Waals surface area contributed by atoms with Crippen LogP contribution in [0, 0.1) is 6.92 Å². The Hall–Kier alpha value is -1.81. The maximum absolute atomic E-state index is 11.7. The van der Waals surface area contributed by atoms with E-state index in [4.69, 9.17) is 4.74 Å². The lowest BCUT2D eigenvalue weighted by Gasteiger charge is -2.14. The second-order valence-electron chi connectivity index (χ2n) is 4.38. The van der Waals surface area contributed by atoms with E-state index in [2.05, 4.69) is 10.6 Å². The van der Waals surface area contributed by atoms with Gasteiger partial charge in [0.15, 0.2) is 0 Å². The number of aryl methyl sites for hydroxylation is 1. The number of urea groups is 1. The van der Waals surface area contributed by atoms with E-state index in [0.717, 1.165) is 37.3 Å². The number of ether oxygens (including phenoxy) is 1. The number of amides is 2. The molecule has 1 aliphatic rings. The minimum absolute atomic E-state index is 0.209. The summed E-state index contributed by atoms with van der Waals surface area (Å²) in [6.07, 6.45) is 3.57. The molecule has 0 atom stereocenters. The summed E-state index contributed by atoms with van der Waals surface area (Å²) in [6, 6.07) is 7.50. The molecule has 1 aromatic carbocycles. The Morgan fingerprint density at radius 1 is 1.33 bits per heavy atom. The third-order valence-electron chi connectivity index (χ3n) is 2.82. The van der Waals surface area contributed by atoms with Gasteiger partial charge in [0.25, 0.3) is 0 Å². The van der Waals surface area contributed by atoms with Gasteiger partial charge in [0.2, 0.25) is 0 Å². The van der Waals surface area contributed by atoms with Gasteiger partial charge in [-0.05, 0) is 43.0 Å². The average Bonchev–Trinajstić information content (AvgIpc) is 2.38. The van der Waals surface area contributed by atoms with Gasteiger partial charge in [-0.15, -0.1) is 0 Å². The number of rotatable bonds is 2. The second kappa shape index (κ2) is 6.21. The molecule has 2 amide bonds. The van der Waals surface area contributed by atoms with Gasteiger partial charge in [-0.25, -0.2) is 4.79 Å². The number of hydrogen-bond acceptors (Lipinski definition) is 2. The maximum Gasteiger partial charge on any atom is 0.323 e. The van der Waals surface area contributed by atoms with E-state index in [0.29, 0.717) is 0 Å². The van der Waals surface area contributed by atoms with Crippen molar-refractivity contribution in [3.63, 3.8) is 0 Å². The predicted octanol–water partition coefficient (Wildman–Crippen LogP) is 2.81. The Bertz CT molecular complexity index is 447. The highest BCUT2D eigenvalue weighted by Gasteiger charge is 2.06. The zero-order valence-corrected chi connectivity index (χ0v) is 10.5. The van der Waals surface area contributed by atoms with E-state index in [9.17, 15) is 4.79 Å². The van der Waals surface area contributed by atoms with Crippen LogP contribution in [0.1, 0.15) is 18.4 Å². The largest absolute Gasteiger partial charge is 0.381 e. The van der Waals surface area contributed by atoms with Crippen LogP contribution in [-0.4, -0.2) is 19.2 Å². The molecule has 1 saturated heterocycles. The SMILES string of the molecule is Cc1cccc(NC(=O)NC=C2CCOCC2)c1. The molecule has 0 bridgehead atoms. The molecule has 18 heavy (non-hydrogen) atoms. The van der Waals surface area contributed by atoms with Crippen LogP contribution in [0.4, 0.5) is 10.5 Å². The number of carbonyl (C=O) groups excluding carboxylic acids is 1. The number of anilines is 1. The fourth-order valence-electron chi connectivity index (χ4n) is 1.84. The molecule has 96 valence electrons. The third kappa shape index (κ3) is 3.89. The minimum atomic E-state index is -0.209. The lowest BCUT2D eigenvalue weighted by atomic mass is 10.1. The van der Waals surface area contributed by atoms with Gasteiger partial charge in [-0.1, -0.05) is 12.1 Å². The molecule has 1 heterocycles. The summed E-state index contributed by atoms with van der Waals surface area (Å²) in [7, 11) is 0. The number of hydrogen-bond donors (Lipinski definition) is 2. The molecule has 2 rings (SSSR count). The molecule has 1 aliphatic heterocycles. The van der Waals surface area contributed by atoms with Crippen molar-refractivity contribution in [2.24, 2.45) is 0 Å². The topological polar surface area (TPSA) is 50.4 Å². The summed E-state index contributed by atoms with van der Waals surface area (Å²) in [4.78, 5) is 11.7. The smallest absolute Gasteiger partial charge is 0.323 e. The van der Waals surface area contributed by atoms with Gasteiger partial charge >= 0.3 is 6.03 Å². The Balaban J connectivity index is 1.85. The average molecular weight is 246 g/mol. The van der Waals surface area contributed by atoms with Crippen molar-refractivity contribution in [3.8, 4) is 0 Å². The lowest BCUT2D eigenvalue weighted by molar-refractivity contribution is 0.119. The van der Waals surface area contributed by atoms with Gasteiger partial charge in [0.05, 0.1) is 13.2 Å². The molecule has 0 unspecified atom stereocenters. The molecule has 1 fully saturated rings. The van der Waals surface area contributed by atoms with Gasteiger partial charge in [0, 0.05) is 11.9 Å². The molecule has 0 aromatic heterocycles. The van der Waals surface area contributed by atoms with E-state index in [1.807, 2.05) is 31.2 Å². The highest BCUT2D eigenvalue weighted by Crippen LogP contribution is 2.12. The molecule has 0 radical (unpaired) electrons. The Morgan fingerprint density at radius 3 is 2.83 bits per heavy atom. The number of benzene rings is 1. The molecule has 2 N–H and O–H groups in total. The van der Waals surface area contributed by atoms with E-state index in [1.54, 1.807) is 6.20 Å². The Morgan fingerprint density at radius 2 is 2.11 bits per heavy atom. The lowest BCUT2D eigenvalue weighted by Crippen LogP contribution is -2.25. The summed E-state index contributed by atoms with van der Waals surface area (Å²) in [5.41, 5.74) is 3.15. The molecule has 4 heteroatoms. The summed E-state index contributed by atoms with van der Waals surface area (Å²) in [6.45, 7) is 3.48. The first-order chi connectivity index (χ1) is 8.74. The van der Waals surface area contributed by atoms with Gasteiger partial charge in [-0.2, -0.15) is 0 Å². The molecule has 1 aromatic rings. The highest BCUT2D eigenvalue weighted by atomic mass is 16.5. The second-order valence-corrected chi connectivity index (χ2v) is 4.38. The van der Waals surface area contributed by atoms with Crippen LogP contribution in [0.3, 0.4) is 0 Å². The molecule has 0 spiro atoms. The maximum atomic E-state index is 11.7. The van der Waals surface area contributed by atoms with E-state index < -0.39 is 0 Å². The number of carbonyl (C=O) groups is 1. The van der Waals surface area contributed by atoms with Crippen LogP contribution in [0.25, 0.3) is 0 Å². The Labute approximate surface area is 107 Å². The van der Waals surface area contributed by atoms with Crippen molar-refractivity contribution in [1.82, 2.24) is 5.32 Å². The molecular formula is C14H18N2O2. The van der Waals surface area contributed by atoms with Crippen molar-refractivity contribution in [2.45, 2.75) is 19.8 Å². The Kier molecular flexibility index (Phi) is 4.36.